The summed E-state index contributed by atoms with van der Waals surface area (Å²) in [6.45, 7) is 0. The Kier molecular flexibility index (Phi) is 9.68. The van der Waals surface area contributed by atoms with Crippen LogP contribution in [-0.4, -0.2) is 23.1 Å². The molecule has 0 fully saturated rings. The lowest BCUT2D eigenvalue weighted by Gasteiger charge is -2.07. The third-order valence-electron chi connectivity index (χ3n) is 4.98. The fourth-order valence-corrected chi connectivity index (χ4v) is 3.23. The average Bonchev–Trinajstić information content (AvgIpc) is 2.84. The molecule has 3 aromatic carbocycles. The lowest BCUT2D eigenvalue weighted by molar-refractivity contribution is -0.121. The molecule has 7 nitrogen and oxygen atoms in total. The SMILES string of the molecule is O=C(CCCCCCC(=O)Nc1ccccc1O)N/N=C/c1cccc(Oc2ccccc2)c1. The number of anilines is 1. The molecule has 0 radical (unpaired) electrons. The molecule has 0 saturated carbocycles. The number of carbonyl (C=O) groups excluding carboxylic acids is 2. The highest BCUT2D eigenvalue weighted by Gasteiger charge is 2.06. The van der Waals surface area contributed by atoms with Gasteiger partial charge in [0.15, 0.2) is 0 Å². The number of rotatable bonds is 12. The first kappa shape index (κ1) is 24.5. The third-order valence-corrected chi connectivity index (χ3v) is 4.98. The lowest BCUT2D eigenvalue weighted by atomic mass is 10.1. The second-order valence-electron chi connectivity index (χ2n) is 7.76. The largest absolute Gasteiger partial charge is 0.506 e. The van der Waals surface area contributed by atoms with Crippen LogP contribution in [0.15, 0.2) is 84.0 Å². The van der Waals surface area contributed by atoms with E-state index in [4.69, 9.17) is 4.74 Å². The first-order chi connectivity index (χ1) is 16.6. The summed E-state index contributed by atoms with van der Waals surface area (Å²) in [7, 11) is 0. The fourth-order valence-electron chi connectivity index (χ4n) is 3.23. The molecule has 3 N–H and O–H groups in total. The van der Waals surface area contributed by atoms with Crippen molar-refractivity contribution in [2.45, 2.75) is 38.5 Å². The van der Waals surface area contributed by atoms with Gasteiger partial charge < -0.3 is 15.2 Å². The Morgan fingerprint density at radius 2 is 1.47 bits per heavy atom. The number of hydrogen-bond donors (Lipinski definition) is 3. The van der Waals surface area contributed by atoms with Gasteiger partial charge in [-0.25, -0.2) is 5.43 Å². The number of ether oxygens (including phenoxy) is 1. The first-order valence-corrected chi connectivity index (χ1v) is 11.3. The molecule has 0 heterocycles. The zero-order chi connectivity index (χ0) is 24.0. The van der Waals surface area contributed by atoms with E-state index in [0.29, 0.717) is 24.3 Å². The Morgan fingerprint density at radius 3 is 2.24 bits per heavy atom. The molecule has 34 heavy (non-hydrogen) atoms. The summed E-state index contributed by atoms with van der Waals surface area (Å²) in [6, 6.07) is 23.6. The number of hydrogen-bond acceptors (Lipinski definition) is 5. The Labute approximate surface area is 199 Å². The molecule has 0 saturated heterocycles. The van der Waals surface area contributed by atoms with Gasteiger partial charge in [-0.05, 0) is 54.8 Å². The topological polar surface area (TPSA) is 100 Å². The summed E-state index contributed by atoms with van der Waals surface area (Å²) in [5, 5.41) is 16.4. The van der Waals surface area contributed by atoms with Crippen molar-refractivity contribution < 1.29 is 19.4 Å². The van der Waals surface area contributed by atoms with Crippen LogP contribution in [0.2, 0.25) is 0 Å². The molecule has 2 amide bonds. The Hall–Kier alpha value is -4.13. The monoisotopic (exact) mass is 459 g/mol. The second-order valence-corrected chi connectivity index (χ2v) is 7.76. The van der Waals surface area contributed by atoms with Crippen molar-refractivity contribution in [3.05, 3.63) is 84.4 Å². The summed E-state index contributed by atoms with van der Waals surface area (Å²) in [4.78, 5) is 23.9. The van der Waals surface area contributed by atoms with E-state index in [0.717, 1.165) is 37.0 Å². The van der Waals surface area contributed by atoms with Crippen LogP contribution in [0, 0.1) is 0 Å². The maximum Gasteiger partial charge on any atom is 0.240 e. The summed E-state index contributed by atoms with van der Waals surface area (Å²) in [5.41, 5.74) is 3.78. The van der Waals surface area contributed by atoms with E-state index in [-0.39, 0.29) is 17.6 Å². The van der Waals surface area contributed by atoms with Crippen molar-refractivity contribution in [2.24, 2.45) is 5.10 Å². The van der Waals surface area contributed by atoms with Gasteiger partial charge in [-0.2, -0.15) is 5.10 Å². The third kappa shape index (κ3) is 8.78. The first-order valence-electron chi connectivity index (χ1n) is 11.3. The normalized spacial score (nSPS) is 10.7. The van der Waals surface area contributed by atoms with Gasteiger partial charge in [0.1, 0.15) is 17.2 Å². The van der Waals surface area contributed by atoms with Crippen molar-refractivity contribution in [1.82, 2.24) is 5.43 Å². The number of aromatic hydroxyl groups is 1. The Bertz CT molecular complexity index is 1100. The van der Waals surface area contributed by atoms with Crippen molar-refractivity contribution >= 4 is 23.7 Å². The molecular formula is C27H29N3O4. The highest BCUT2D eigenvalue weighted by Crippen LogP contribution is 2.22. The van der Waals surface area contributed by atoms with Gasteiger partial charge in [-0.3, -0.25) is 9.59 Å². The van der Waals surface area contributed by atoms with Crippen LogP contribution in [0.25, 0.3) is 0 Å². The van der Waals surface area contributed by atoms with Crippen LogP contribution in [0.5, 0.6) is 17.2 Å². The van der Waals surface area contributed by atoms with Gasteiger partial charge in [0.05, 0.1) is 11.9 Å². The highest BCUT2D eigenvalue weighted by atomic mass is 16.5. The van der Waals surface area contributed by atoms with Crippen molar-refractivity contribution in [1.29, 1.82) is 0 Å². The molecule has 176 valence electrons. The summed E-state index contributed by atoms with van der Waals surface area (Å²) in [6.07, 6.45) is 5.47. The van der Waals surface area contributed by atoms with Gasteiger partial charge in [0.2, 0.25) is 11.8 Å². The number of unbranched alkanes of at least 4 members (excludes halogenated alkanes) is 3. The molecule has 0 aromatic heterocycles. The van der Waals surface area contributed by atoms with Gasteiger partial charge in [-0.1, -0.05) is 55.3 Å². The molecule has 0 atom stereocenters. The molecule has 0 aliphatic carbocycles. The smallest absolute Gasteiger partial charge is 0.240 e. The van der Waals surface area contributed by atoms with Gasteiger partial charge in [0, 0.05) is 12.8 Å². The maximum atomic E-state index is 12.0. The molecular weight excluding hydrogens is 430 g/mol. The molecule has 0 spiro atoms. The minimum absolute atomic E-state index is 0.0535. The summed E-state index contributed by atoms with van der Waals surface area (Å²) >= 11 is 0. The Balaban J connectivity index is 1.28. The van der Waals surface area contributed by atoms with Crippen molar-refractivity contribution in [2.75, 3.05) is 5.32 Å². The van der Waals surface area contributed by atoms with Crippen molar-refractivity contribution in [3.63, 3.8) is 0 Å². The zero-order valence-corrected chi connectivity index (χ0v) is 18.9. The number of carbonyl (C=O) groups is 2. The van der Waals surface area contributed by atoms with E-state index in [1.165, 1.54) is 6.07 Å². The van der Waals surface area contributed by atoms with E-state index in [1.807, 2.05) is 54.6 Å². The van der Waals surface area contributed by atoms with E-state index in [2.05, 4.69) is 15.8 Å². The minimum Gasteiger partial charge on any atom is -0.506 e. The predicted octanol–water partition coefficient (Wildman–Crippen LogP) is 5.61. The van der Waals surface area contributed by atoms with E-state index in [1.54, 1.807) is 24.4 Å². The molecule has 7 heteroatoms. The maximum absolute atomic E-state index is 12.0. The number of nitrogens with one attached hydrogen (secondary N) is 2. The number of para-hydroxylation sites is 3. The number of amides is 2. The van der Waals surface area contributed by atoms with Crippen LogP contribution in [0.3, 0.4) is 0 Å². The lowest BCUT2D eigenvalue weighted by Crippen LogP contribution is -2.16. The average molecular weight is 460 g/mol. The fraction of sp³-hybridized carbons (Fsp3) is 0.222. The number of phenolic OH excluding ortho intramolecular Hbond substituents is 1. The number of nitrogens with zero attached hydrogens (tertiary/aromatic N) is 1. The predicted molar refractivity (Wildman–Crippen MR) is 133 cm³/mol. The van der Waals surface area contributed by atoms with Gasteiger partial charge >= 0.3 is 0 Å². The standard InChI is InChI=1S/C27H29N3O4/c31-25-16-9-8-15-24(25)29-26(32)17-6-1-2-7-18-27(33)30-28-20-21-11-10-14-23(19-21)34-22-12-4-3-5-13-22/h3-5,8-16,19-20,31H,1-2,6-7,17-18H2,(H,29,32)(H,30,33)/b28-20+. The molecule has 3 rings (SSSR count). The quantitative estimate of drug-likeness (QED) is 0.142. The zero-order valence-electron chi connectivity index (χ0n) is 18.9. The molecule has 0 aliphatic heterocycles. The number of benzene rings is 3. The van der Waals surface area contributed by atoms with Crippen LogP contribution < -0.4 is 15.5 Å². The summed E-state index contributed by atoms with van der Waals surface area (Å²) in [5.74, 6) is 1.21. The molecule has 0 bridgehead atoms. The van der Waals surface area contributed by atoms with Crippen molar-refractivity contribution in [3.8, 4) is 17.2 Å². The van der Waals surface area contributed by atoms with Crippen LogP contribution in [0.1, 0.15) is 44.1 Å². The number of hydrazone groups is 1. The minimum atomic E-state index is -0.148. The second kappa shape index (κ2) is 13.4. The number of phenols is 1. The van der Waals surface area contributed by atoms with Crippen LogP contribution >= 0.6 is 0 Å². The van der Waals surface area contributed by atoms with Gasteiger partial charge in [0.25, 0.3) is 0 Å². The van der Waals surface area contributed by atoms with E-state index < -0.39 is 0 Å². The van der Waals surface area contributed by atoms with E-state index in [9.17, 15) is 14.7 Å². The molecule has 0 aliphatic rings. The highest BCUT2D eigenvalue weighted by molar-refractivity contribution is 5.92. The van der Waals surface area contributed by atoms with Crippen LogP contribution in [0.4, 0.5) is 5.69 Å². The molecule has 3 aromatic rings. The Morgan fingerprint density at radius 1 is 0.794 bits per heavy atom. The summed E-state index contributed by atoms with van der Waals surface area (Å²) < 4.78 is 5.80. The van der Waals surface area contributed by atoms with E-state index >= 15 is 0 Å². The van der Waals surface area contributed by atoms with Crippen LogP contribution in [-0.2, 0) is 9.59 Å². The molecule has 0 unspecified atom stereocenters. The van der Waals surface area contributed by atoms with Gasteiger partial charge in [-0.15, -0.1) is 0 Å².